The lowest BCUT2D eigenvalue weighted by atomic mass is 9.75. The Morgan fingerprint density at radius 3 is 1.76 bits per heavy atom. The standard InChI is InChI=1S/C22H28NOP/c1-22(2,3)18-14-16-19(17-15-18)23-25(24,20-10-6-4-7-11-20)21-12-8-5-9-13-21/h4-14,16,18-19H,15,17H2,1-3H3,(H,23,24). The molecule has 0 heterocycles. The molecule has 2 aromatic carbocycles. The van der Waals surface area contributed by atoms with Gasteiger partial charge in [-0.25, -0.2) is 0 Å². The number of allylic oxidation sites excluding steroid dienone is 1. The highest BCUT2D eigenvalue weighted by molar-refractivity contribution is 7.76. The minimum atomic E-state index is -2.85. The summed E-state index contributed by atoms with van der Waals surface area (Å²) in [6.45, 7) is 6.86. The van der Waals surface area contributed by atoms with Crippen LogP contribution in [0.25, 0.3) is 0 Å². The van der Waals surface area contributed by atoms with E-state index >= 15 is 0 Å². The fourth-order valence-electron chi connectivity index (χ4n) is 3.46. The summed E-state index contributed by atoms with van der Waals surface area (Å²) >= 11 is 0. The van der Waals surface area contributed by atoms with Crippen molar-refractivity contribution in [3.63, 3.8) is 0 Å². The Morgan fingerprint density at radius 1 is 0.840 bits per heavy atom. The minimum absolute atomic E-state index is 0.143. The zero-order valence-electron chi connectivity index (χ0n) is 15.4. The van der Waals surface area contributed by atoms with Crippen molar-refractivity contribution in [2.75, 3.05) is 0 Å². The molecule has 132 valence electrons. The lowest BCUT2D eigenvalue weighted by Crippen LogP contribution is -2.36. The van der Waals surface area contributed by atoms with Gasteiger partial charge in [-0.2, -0.15) is 0 Å². The molecule has 25 heavy (non-hydrogen) atoms. The summed E-state index contributed by atoms with van der Waals surface area (Å²) < 4.78 is 14.0. The van der Waals surface area contributed by atoms with Crippen LogP contribution in [-0.4, -0.2) is 6.04 Å². The highest BCUT2D eigenvalue weighted by Gasteiger charge is 2.32. The lowest BCUT2D eigenvalue weighted by Gasteiger charge is -2.34. The maximum Gasteiger partial charge on any atom is 0.205 e. The van der Waals surface area contributed by atoms with E-state index in [4.69, 9.17) is 0 Å². The van der Waals surface area contributed by atoms with E-state index in [2.05, 4.69) is 38.0 Å². The van der Waals surface area contributed by atoms with E-state index in [0.717, 1.165) is 23.5 Å². The summed E-state index contributed by atoms with van der Waals surface area (Å²) in [4.78, 5) is 0. The van der Waals surface area contributed by atoms with Crippen LogP contribution in [0, 0.1) is 11.3 Å². The van der Waals surface area contributed by atoms with Crippen molar-refractivity contribution in [3.05, 3.63) is 72.8 Å². The van der Waals surface area contributed by atoms with Crippen LogP contribution in [-0.2, 0) is 4.57 Å². The van der Waals surface area contributed by atoms with Crippen LogP contribution in [0.3, 0.4) is 0 Å². The topological polar surface area (TPSA) is 29.1 Å². The highest BCUT2D eigenvalue weighted by atomic mass is 31.2. The average molecular weight is 353 g/mol. The molecule has 2 atom stereocenters. The molecular weight excluding hydrogens is 325 g/mol. The predicted molar refractivity (Wildman–Crippen MR) is 108 cm³/mol. The van der Waals surface area contributed by atoms with Gasteiger partial charge in [-0.3, -0.25) is 9.65 Å². The smallest absolute Gasteiger partial charge is 0.205 e. The fourth-order valence-corrected chi connectivity index (χ4v) is 5.92. The van der Waals surface area contributed by atoms with E-state index in [0.29, 0.717) is 5.92 Å². The quantitative estimate of drug-likeness (QED) is 0.627. The molecule has 3 rings (SSSR count). The minimum Gasteiger partial charge on any atom is -0.297 e. The van der Waals surface area contributed by atoms with E-state index in [1.54, 1.807) is 0 Å². The van der Waals surface area contributed by atoms with E-state index < -0.39 is 7.29 Å². The molecule has 1 aliphatic carbocycles. The monoisotopic (exact) mass is 353 g/mol. The maximum atomic E-state index is 14.0. The first-order valence-corrected chi connectivity index (χ1v) is 10.8. The molecule has 0 radical (unpaired) electrons. The molecule has 0 saturated heterocycles. The molecular formula is C22H28NOP. The molecule has 1 N–H and O–H groups in total. The number of hydrogen-bond donors (Lipinski definition) is 1. The zero-order valence-corrected chi connectivity index (χ0v) is 16.2. The Balaban J connectivity index is 1.89. The molecule has 0 amide bonds. The van der Waals surface area contributed by atoms with Crippen LogP contribution in [0.15, 0.2) is 72.8 Å². The molecule has 2 aromatic rings. The first-order valence-electron chi connectivity index (χ1n) is 9.07. The van der Waals surface area contributed by atoms with Gasteiger partial charge in [0, 0.05) is 16.7 Å². The number of nitrogens with one attached hydrogen (secondary N) is 1. The van der Waals surface area contributed by atoms with Crippen molar-refractivity contribution in [3.8, 4) is 0 Å². The first-order chi connectivity index (χ1) is 11.9. The Hall–Kier alpha value is -1.63. The summed E-state index contributed by atoms with van der Waals surface area (Å²) in [5, 5.41) is 5.24. The molecule has 0 saturated carbocycles. The largest absolute Gasteiger partial charge is 0.297 e. The van der Waals surface area contributed by atoms with Crippen molar-refractivity contribution in [2.24, 2.45) is 11.3 Å². The molecule has 0 aliphatic heterocycles. The summed E-state index contributed by atoms with van der Waals surface area (Å²) in [6, 6.07) is 19.8. The molecule has 0 fully saturated rings. The molecule has 2 unspecified atom stereocenters. The Morgan fingerprint density at radius 2 is 1.36 bits per heavy atom. The van der Waals surface area contributed by atoms with Gasteiger partial charge in [-0.1, -0.05) is 69.3 Å². The highest BCUT2D eigenvalue weighted by Crippen LogP contribution is 2.41. The van der Waals surface area contributed by atoms with Crippen LogP contribution < -0.4 is 15.7 Å². The van der Waals surface area contributed by atoms with Gasteiger partial charge < -0.3 is 0 Å². The normalized spacial score (nSPS) is 21.2. The first kappa shape index (κ1) is 18.2. The summed E-state index contributed by atoms with van der Waals surface area (Å²) in [5.41, 5.74) is 0.282. The van der Waals surface area contributed by atoms with Gasteiger partial charge >= 0.3 is 0 Å². The van der Waals surface area contributed by atoms with Crippen molar-refractivity contribution < 1.29 is 4.57 Å². The average Bonchev–Trinajstić information content (AvgIpc) is 2.63. The van der Waals surface area contributed by atoms with Gasteiger partial charge in [0.1, 0.15) is 0 Å². The van der Waals surface area contributed by atoms with Crippen LogP contribution >= 0.6 is 7.29 Å². The van der Waals surface area contributed by atoms with Gasteiger partial charge in [-0.15, -0.1) is 0 Å². The fraction of sp³-hybridized carbons (Fsp3) is 0.364. The number of hydrogen-bond acceptors (Lipinski definition) is 1. The van der Waals surface area contributed by atoms with Crippen LogP contribution in [0.5, 0.6) is 0 Å². The third-order valence-corrected chi connectivity index (χ3v) is 7.81. The van der Waals surface area contributed by atoms with Crippen LogP contribution in [0.2, 0.25) is 0 Å². The van der Waals surface area contributed by atoms with Crippen molar-refractivity contribution >= 4 is 17.9 Å². The number of benzene rings is 2. The molecule has 3 heteroatoms. The summed E-state index contributed by atoms with van der Waals surface area (Å²) in [5.74, 6) is 0.582. The van der Waals surface area contributed by atoms with Crippen molar-refractivity contribution in [1.82, 2.24) is 5.09 Å². The van der Waals surface area contributed by atoms with Crippen molar-refractivity contribution in [2.45, 2.75) is 39.7 Å². The van der Waals surface area contributed by atoms with Gasteiger partial charge in [0.05, 0.1) is 0 Å². The Labute approximate surface area is 151 Å². The van der Waals surface area contributed by atoms with E-state index in [1.807, 2.05) is 60.7 Å². The van der Waals surface area contributed by atoms with Gasteiger partial charge in [0.2, 0.25) is 7.29 Å². The molecule has 2 nitrogen and oxygen atoms in total. The summed E-state index contributed by atoms with van der Waals surface area (Å²) in [6.07, 6.45) is 6.67. The van der Waals surface area contributed by atoms with E-state index in [9.17, 15) is 4.57 Å². The SMILES string of the molecule is CC(C)(C)C1C=CC(NP(=O)(c2ccccc2)c2ccccc2)CC1. The van der Waals surface area contributed by atoms with E-state index in [-0.39, 0.29) is 11.5 Å². The van der Waals surface area contributed by atoms with E-state index in [1.165, 1.54) is 0 Å². The van der Waals surface area contributed by atoms with Crippen molar-refractivity contribution in [1.29, 1.82) is 0 Å². The third-order valence-electron chi connectivity index (χ3n) is 5.06. The predicted octanol–water partition coefficient (Wildman–Crippen LogP) is 4.89. The second kappa shape index (κ2) is 7.32. The van der Waals surface area contributed by atoms with Gasteiger partial charge in [-0.05, 0) is 48.4 Å². The lowest BCUT2D eigenvalue weighted by molar-refractivity contribution is 0.261. The van der Waals surface area contributed by atoms with Crippen LogP contribution in [0.4, 0.5) is 0 Å². The van der Waals surface area contributed by atoms with Gasteiger partial charge in [0.15, 0.2) is 0 Å². The Bertz CT molecular complexity index is 718. The second-order valence-electron chi connectivity index (χ2n) is 7.95. The van der Waals surface area contributed by atoms with Gasteiger partial charge in [0.25, 0.3) is 0 Å². The maximum absolute atomic E-state index is 14.0. The Kier molecular flexibility index (Phi) is 5.32. The second-order valence-corrected chi connectivity index (χ2v) is 10.5. The zero-order chi connectivity index (χ0) is 17.9. The molecule has 0 bridgehead atoms. The molecule has 0 spiro atoms. The third kappa shape index (κ3) is 4.14. The molecule has 1 aliphatic rings. The number of rotatable bonds is 4. The molecule has 0 aromatic heterocycles. The summed E-state index contributed by atoms with van der Waals surface area (Å²) in [7, 11) is -2.85. The van der Waals surface area contributed by atoms with Crippen LogP contribution in [0.1, 0.15) is 33.6 Å².